The van der Waals surface area contributed by atoms with Crippen LogP contribution in [0.1, 0.15) is 12.5 Å². The molecule has 0 aliphatic carbocycles. The lowest BCUT2D eigenvalue weighted by Crippen LogP contribution is -2.14. The quantitative estimate of drug-likeness (QED) is 0.640. The smallest absolute Gasteiger partial charge is 0.234 e. The Bertz CT molecular complexity index is 1000. The first-order chi connectivity index (χ1) is 13.6. The number of rotatable bonds is 6. The summed E-state index contributed by atoms with van der Waals surface area (Å²) in [6.07, 6.45) is 0. The first-order valence-electron chi connectivity index (χ1n) is 8.96. The zero-order valence-electron chi connectivity index (χ0n) is 15.6. The maximum atomic E-state index is 12.3. The van der Waals surface area contributed by atoms with Gasteiger partial charge in [0.2, 0.25) is 12.7 Å². The Labute approximate surface area is 167 Å². The Morgan fingerprint density at radius 3 is 2.71 bits per heavy atom. The van der Waals surface area contributed by atoms with Crippen molar-refractivity contribution in [3.05, 3.63) is 48.0 Å². The van der Waals surface area contributed by atoms with Crippen molar-refractivity contribution in [2.24, 2.45) is 0 Å². The number of anilines is 1. The summed E-state index contributed by atoms with van der Waals surface area (Å²) in [6, 6.07) is 13.5. The van der Waals surface area contributed by atoms with Crippen LogP contribution in [0.4, 0.5) is 5.69 Å². The molecule has 0 spiro atoms. The molecule has 8 heteroatoms. The van der Waals surface area contributed by atoms with Crippen molar-refractivity contribution in [1.82, 2.24) is 14.8 Å². The molecular formula is C20H20N4O3S. The van der Waals surface area contributed by atoms with Crippen molar-refractivity contribution in [3.63, 3.8) is 0 Å². The highest BCUT2D eigenvalue weighted by Crippen LogP contribution is 2.34. The predicted octanol–water partition coefficient (Wildman–Crippen LogP) is 3.73. The molecule has 1 aromatic heterocycles. The highest BCUT2D eigenvalue weighted by Gasteiger charge is 2.16. The van der Waals surface area contributed by atoms with Crippen LogP contribution in [-0.4, -0.2) is 33.2 Å². The Kier molecular flexibility index (Phi) is 5.21. The summed E-state index contributed by atoms with van der Waals surface area (Å²) < 4.78 is 12.6. The SMILES string of the molecule is CCn1c(SCC(=O)Nc2ccc3c(c2)OCO3)nnc1-c1ccc(C)cc1. The summed E-state index contributed by atoms with van der Waals surface area (Å²) in [5.41, 5.74) is 2.88. The summed E-state index contributed by atoms with van der Waals surface area (Å²) in [5.74, 6) is 2.25. The molecule has 1 aliphatic heterocycles. The van der Waals surface area contributed by atoms with Crippen molar-refractivity contribution in [1.29, 1.82) is 0 Å². The highest BCUT2D eigenvalue weighted by atomic mass is 32.2. The lowest BCUT2D eigenvalue weighted by Gasteiger charge is -2.08. The van der Waals surface area contributed by atoms with Crippen LogP contribution in [0.25, 0.3) is 11.4 Å². The fourth-order valence-corrected chi connectivity index (χ4v) is 3.70. The van der Waals surface area contributed by atoms with Gasteiger partial charge in [-0.1, -0.05) is 41.6 Å². The number of amides is 1. The average Bonchev–Trinajstić information content (AvgIpc) is 3.33. The number of fused-ring (bicyclic) bond motifs is 1. The van der Waals surface area contributed by atoms with Gasteiger partial charge in [0.05, 0.1) is 5.75 Å². The molecule has 28 heavy (non-hydrogen) atoms. The first kappa shape index (κ1) is 18.4. The maximum absolute atomic E-state index is 12.3. The van der Waals surface area contributed by atoms with Gasteiger partial charge >= 0.3 is 0 Å². The van der Waals surface area contributed by atoms with E-state index in [1.54, 1.807) is 18.2 Å². The van der Waals surface area contributed by atoms with E-state index in [1.165, 1.54) is 17.3 Å². The van der Waals surface area contributed by atoms with E-state index in [4.69, 9.17) is 9.47 Å². The van der Waals surface area contributed by atoms with Crippen LogP contribution < -0.4 is 14.8 Å². The molecule has 0 radical (unpaired) electrons. The molecule has 0 fully saturated rings. The molecule has 2 heterocycles. The summed E-state index contributed by atoms with van der Waals surface area (Å²) in [4.78, 5) is 12.3. The van der Waals surface area contributed by atoms with Gasteiger partial charge in [-0.25, -0.2) is 0 Å². The molecule has 0 saturated carbocycles. The zero-order valence-corrected chi connectivity index (χ0v) is 16.5. The maximum Gasteiger partial charge on any atom is 0.234 e. The Hall–Kier alpha value is -3.00. The van der Waals surface area contributed by atoms with Crippen LogP contribution >= 0.6 is 11.8 Å². The molecule has 3 aromatic rings. The number of thioether (sulfide) groups is 1. The number of nitrogens with zero attached hydrogens (tertiary/aromatic N) is 3. The molecule has 1 aliphatic rings. The second kappa shape index (κ2) is 7.93. The monoisotopic (exact) mass is 396 g/mol. The van der Waals surface area contributed by atoms with Crippen LogP contribution in [0.2, 0.25) is 0 Å². The number of benzene rings is 2. The number of nitrogens with one attached hydrogen (secondary N) is 1. The Balaban J connectivity index is 1.42. The summed E-state index contributed by atoms with van der Waals surface area (Å²) in [7, 11) is 0. The van der Waals surface area contributed by atoms with Gasteiger partial charge in [-0.15, -0.1) is 10.2 Å². The summed E-state index contributed by atoms with van der Waals surface area (Å²) in [6.45, 7) is 5.02. The van der Waals surface area contributed by atoms with Crippen molar-refractivity contribution < 1.29 is 14.3 Å². The lowest BCUT2D eigenvalue weighted by atomic mass is 10.1. The number of carbonyl (C=O) groups is 1. The number of aromatic nitrogens is 3. The molecule has 0 atom stereocenters. The van der Waals surface area contributed by atoms with Crippen molar-refractivity contribution >= 4 is 23.4 Å². The third-order valence-electron chi connectivity index (χ3n) is 4.33. The second-order valence-corrected chi connectivity index (χ2v) is 7.26. The topological polar surface area (TPSA) is 78.3 Å². The molecule has 144 valence electrons. The minimum atomic E-state index is -0.119. The van der Waals surface area contributed by atoms with E-state index in [0.29, 0.717) is 17.2 Å². The van der Waals surface area contributed by atoms with Gasteiger partial charge in [-0.2, -0.15) is 0 Å². The van der Waals surface area contributed by atoms with Crippen LogP contribution in [0.5, 0.6) is 11.5 Å². The van der Waals surface area contributed by atoms with Crippen LogP contribution in [0.3, 0.4) is 0 Å². The van der Waals surface area contributed by atoms with Crippen molar-refractivity contribution in [3.8, 4) is 22.9 Å². The number of carbonyl (C=O) groups excluding carboxylic acids is 1. The first-order valence-corrected chi connectivity index (χ1v) is 9.95. The highest BCUT2D eigenvalue weighted by molar-refractivity contribution is 7.99. The summed E-state index contributed by atoms with van der Waals surface area (Å²) in [5, 5.41) is 12.2. The van der Waals surface area contributed by atoms with Crippen molar-refractivity contribution in [2.75, 3.05) is 17.9 Å². The third-order valence-corrected chi connectivity index (χ3v) is 5.30. The fourth-order valence-electron chi connectivity index (χ4n) is 2.90. The normalized spacial score (nSPS) is 12.2. The minimum Gasteiger partial charge on any atom is -0.454 e. The largest absolute Gasteiger partial charge is 0.454 e. The molecule has 0 unspecified atom stereocenters. The van der Waals surface area contributed by atoms with E-state index in [2.05, 4.69) is 27.6 Å². The van der Waals surface area contributed by atoms with E-state index < -0.39 is 0 Å². The number of hydrogen-bond donors (Lipinski definition) is 1. The summed E-state index contributed by atoms with van der Waals surface area (Å²) >= 11 is 1.36. The molecule has 2 aromatic carbocycles. The van der Waals surface area contributed by atoms with E-state index >= 15 is 0 Å². The van der Waals surface area contributed by atoms with Gasteiger partial charge in [-0.05, 0) is 26.0 Å². The molecular weight excluding hydrogens is 376 g/mol. The number of ether oxygens (including phenoxy) is 2. The number of hydrogen-bond acceptors (Lipinski definition) is 6. The average molecular weight is 396 g/mol. The van der Waals surface area contributed by atoms with E-state index in [1.807, 2.05) is 30.5 Å². The zero-order chi connectivity index (χ0) is 19.5. The van der Waals surface area contributed by atoms with Gasteiger partial charge < -0.3 is 19.4 Å². The van der Waals surface area contributed by atoms with Gasteiger partial charge in [0, 0.05) is 23.9 Å². The number of aryl methyl sites for hydroxylation is 1. The predicted molar refractivity (Wildman–Crippen MR) is 108 cm³/mol. The molecule has 0 saturated heterocycles. The van der Waals surface area contributed by atoms with Gasteiger partial charge in [0.25, 0.3) is 0 Å². The van der Waals surface area contributed by atoms with Gasteiger partial charge in [0.1, 0.15) is 0 Å². The Morgan fingerprint density at radius 2 is 1.93 bits per heavy atom. The van der Waals surface area contributed by atoms with Crippen LogP contribution in [-0.2, 0) is 11.3 Å². The lowest BCUT2D eigenvalue weighted by molar-refractivity contribution is -0.113. The molecule has 0 bridgehead atoms. The second-order valence-electron chi connectivity index (χ2n) is 6.32. The van der Waals surface area contributed by atoms with Gasteiger partial charge in [0.15, 0.2) is 22.5 Å². The molecule has 7 nitrogen and oxygen atoms in total. The van der Waals surface area contributed by atoms with E-state index in [0.717, 1.165) is 23.1 Å². The van der Waals surface area contributed by atoms with Crippen LogP contribution in [0, 0.1) is 6.92 Å². The van der Waals surface area contributed by atoms with Crippen molar-refractivity contribution in [2.45, 2.75) is 25.5 Å². The van der Waals surface area contributed by atoms with Gasteiger partial charge in [-0.3, -0.25) is 4.79 Å². The third kappa shape index (κ3) is 3.82. The van der Waals surface area contributed by atoms with E-state index in [9.17, 15) is 4.79 Å². The molecule has 1 N–H and O–H groups in total. The Morgan fingerprint density at radius 1 is 1.14 bits per heavy atom. The minimum absolute atomic E-state index is 0.119. The fraction of sp³-hybridized carbons (Fsp3) is 0.250. The standard InChI is InChI=1S/C20H20N4O3S/c1-3-24-19(14-6-4-13(2)5-7-14)22-23-20(24)28-11-18(25)21-15-8-9-16-17(10-15)27-12-26-16/h4-10H,3,11-12H2,1-2H3,(H,21,25). The van der Waals surface area contributed by atoms with E-state index in [-0.39, 0.29) is 18.5 Å². The molecule has 4 rings (SSSR count). The molecule has 1 amide bonds. The van der Waals surface area contributed by atoms with Crippen LogP contribution in [0.15, 0.2) is 47.6 Å².